The van der Waals surface area contributed by atoms with Gasteiger partial charge in [0.15, 0.2) is 0 Å². The molecule has 0 saturated carbocycles. The summed E-state index contributed by atoms with van der Waals surface area (Å²) in [5.74, 6) is -0.0482. The Kier molecular flexibility index (Phi) is 3.62. The Hall–Kier alpha value is -1.88. The van der Waals surface area contributed by atoms with E-state index in [2.05, 4.69) is 4.98 Å². The third-order valence-electron chi connectivity index (χ3n) is 2.55. The molecule has 94 valence electrons. The van der Waals surface area contributed by atoms with E-state index >= 15 is 0 Å². The van der Waals surface area contributed by atoms with Crippen molar-refractivity contribution in [3.05, 3.63) is 45.9 Å². The fraction of sp³-hybridized carbons (Fsp3) is 0.231. The molecule has 1 heterocycles. The van der Waals surface area contributed by atoms with Gasteiger partial charge >= 0.3 is 0 Å². The van der Waals surface area contributed by atoms with E-state index in [1.807, 2.05) is 12.3 Å². The van der Waals surface area contributed by atoms with Crippen LogP contribution in [-0.4, -0.2) is 22.8 Å². The molecule has 0 atom stereocenters. The zero-order valence-corrected chi connectivity index (χ0v) is 11.2. The van der Waals surface area contributed by atoms with Crippen molar-refractivity contribution < 1.29 is 4.79 Å². The average Bonchev–Trinajstić information content (AvgIpc) is 2.73. The molecule has 0 saturated heterocycles. The number of hydrogen-bond acceptors (Lipinski definition) is 4. The number of nitrogens with two attached hydrogens (primary N) is 1. The highest BCUT2D eigenvalue weighted by Gasteiger charge is 2.13. The first-order chi connectivity index (χ1) is 8.56. The van der Waals surface area contributed by atoms with Gasteiger partial charge in [-0.25, -0.2) is 4.98 Å². The van der Waals surface area contributed by atoms with E-state index in [0.717, 1.165) is 10.7 Å². The van der Waals surface area contributed by atoms with Crippen molar-refractivity contribution in [3.63, 3.8) is 0 Å². The van der Waals surface area contributed by atoms with E-state index in [9.17, 15) is 4.79 Å². The lowest BCUT2D eigenvalue weighted by atomic mass is 10.2. The van der Waals surface area contributed by atoms with Gasteiger partial charge in [0.05, 0.1) is 17.2 Å². The number of benzene rings is 1. The second-order valence-electron chi connectivity index (χ2n) is 4.14. The maximum Gasteiger partial charge on any atom is 0.254 e. The number of aromatic nitrogens is 1. The first-order valence-electron chi connectivity index (χ1n) is 5.58. The van der Waals surface area contributed by atoms with Gasteiger partial charge in [-0.05, 0) is 25.1 Å². The molecule has 0 fully saturated rings. The van der Waals surface area contributed by atoms with Crippen molar-refractivity contribution in [2.45, 2.75) is 13.5 Å². The third kappa shape index (κ3) is 2.87. The molecule has 2 N–H and O–H groups in total. The standard InChI is InChI=1S/C13H15N3OS/c1-9-15-12(8-18-9)7-16(2)13(17)10-4-3-5-11(14)6-10/h3-6,8H,7,14H2,1-2H3. The predicted molar refractivity (Wildman–Crippen MR) is 73.5 cm³/mol. The Balaban J connectivity index is 2.09. The van der Waals surface area contributed by atoms with Crippen molar-refractivity contribution >= 4 is 22.9 Å². The second kappa shape index (κ2) is 5.18. The minimum absolute atomic E-state index is 0.0482. The van der Waals surface area contributed by atoms with E-state index < -0.39 is 0 Å². The summed E-state index contributed by atoms with van der Waals surface area (Å²) in [7, 11) is 1.76. The van der Waals surface area contributed by atoms with Crippen molar-refractivity contribution in [2.75, 3.05) is 12.8 Å². The summed E-state index contributed by atoms with van der Waals surface area (Å²) in [5, 5.41) is 2.98. The van der Waals surface area contributed by atoms with Crippen LogP contribution >= 0.6 is 11.3 Å². The van der Waals surface area contributed by atoms with Crippen molar-refractivity contribution in [1.29, 1.82) is 0 Å². The molecule has 0 bridgehead atoms. The normalized spacial score (nSPS) is 10.3. The monoisotopic (exact) mass is 261 g/mol. The summed E-state index contributed by atoms with van der Waals surface area (Å²) in [6.07, 6.45) is 0. The molecule has 0 unspecified atom stereocenters. The van der Waals surface area contributed by atoms with Gasteiger partial charge in [0.25, 0.3) is 5.91 Å². The van der Waals surface area contributed by atoms with Crippen LogP contribution in [0.2, 0.25) is 0 Å². The summed E-state index contributed by atoms with van der Waals surface area (Å²) in [6, 6.07) is 7.00. The number of aryl methyl sites for hydroxylation is 1. The number of nitrogen functional groups attached to an aromatic ring is 1. The van der Waals surface area contributed by atoms with Gasteiger partial charge in [-0.15, -0.1) is 11.3 Å². The van der Waals surface area contributed by atoms with Crippen LogP contribution in [0.5, 0.6) is 0 Å². The minimum Gasteiger partial charge on any atom is -0.399 e. The molecular weight excluding hydrogens is 246 g/mol. The van der Waals surface area contributed by atoms with Crippen LogP contribution in [0.15, 0.2) is 29.6 Å². The highest BCUT2D eigenvalue weighted by Crippen LogP contribution is 2.13. The fourth-order valence-electron chi connectivity index (χ4n) is 1.69. The summed E-state index contributed by atoms with van der Waals surface area (Å²) >= 11 is 1.59. The number of anilines is 1. The predicted octanol–water partition coefficient (Wildman–Crippen LogP) is 2.31. The highest BCUT2D eigenvalue weighted by atomic mass is 32.1. The second-order valence-corrected chi connectivity index (χ2v) is 5.21. The molecule has 0 aliphatic heterocycles. The maximum absolute atomic E-state index is 12.2. The fourth-order valence-corrected chi connectivity index (χ4v) is 2.29. The SMILES string of the molecule is Cc1nc(CN(C)C(=O)c2cccc(N)c2)cs1. The molecule has 1 aromatic carbocycles. The first-order valence-corrected chi connectivity index (χ1v) is 6.46. The lowest BCUT2D eigenvalue weighted by Crippen LogP contribution is -2.26. The number of hydrogen-bond donors (Lipinski definition) is 1. The first kappa shape index (κ1) is 12.6. The lowest BCUT2D eigenvalue weighted by Gasteiger charge is -2.16. The van der Waals surface area contributed by atoms with Gasteiger partial charge in [-0.2, -0.15) is 0 Å². The van der Waals surface area contributed by atoms with Gasteiger partial charge in [0.2, 0.25) is 0 Å². The quantitative estimate of drug-likeness (QED) is 0.862. The molecule has 4 nitrogen and oxygen atoms in total. The number of rotatable bonds is 3. The van der Waals surface area contributed by atoms with E-state index in [-0.39, 0.29) is 5.91 Å². The van der Waals surface area contributed by atoms with Gasteiger partial charge in [-0.3, -0.25) is 4.79 Å². The van der Waals surface area contributed by atoms with Gasteiger partial charge in [-0.1, -0.05) is 6.07 Å². The molecule has 2 rings (SSSR count). The van der Waals surface area contributed by atoms with Crippen molar-refractivity contribution in [2.24, 2.45) is 0 Å². The summed E-state index contributed by atoms with van der Waals surface area (Å²) < 4.78 is 0. The molecule has 5 heteroatoms. The Labute approximate surface area is 110 Å². The summed E-state index contributed by atoms with van der Waals surface area (Å²) in [4.78, 5) is 18.1. The molecule has 0 radical (unpaired) electrons. The molecule has 18 heavy (non-hydrogen) atoms. The summed E-state index contributed by atoms with van der Waals surface area (Å²) in [5.41, 5.74) is 7.78. The van der Waals surface area contributed by atoms with Gasteiger partial charge in [0.1, 0.15) is 0 Å². The van der Waals surface area contributed by atoms with Gasteiger partial charge < -0.3 is 10.6 Å². The summed E-state index contributed by atoms with van der Waals surface area (Å²) in [6.45, 7) is 2.46. The zero-order valence-electron chi connectivity index (χ0n) is 10.4. The van der Waals surface area contributed by atoms with Crippen LogP contribution in [0.3, 0.4) is 0 Å². The van der Waals surface area contributed by atoms with Crippen LogP contribution in [0, 0.1) is 6.92 Å². The van der Waals surface area contributed by atoms with E-state index in [0.29, 0.717) is 17.8 Å². The number of nitrogens with zero attached hydrogens (tertiary/aromatic N) is 2. The van der Waals surface area contributed by atoms with Crippen LogP contribution in [-0.2, 0) is 6.54 Å². The Bertz CT molecular complexity index is 565. The smallest absolute Gasteiger partial charge is 0.254 e. The Morgan fingerprint density at radius 1 is 1.50 bits per heavy atom. The number of thiazole rings is 1. The molecule has 0 aliphatic carbocycles. The number of carbonyl (C=O) groups excluding carboxylic acids is 1. The maximum atomic E-state index is 12.2. The van der Waals surface area contributed by atoms with E-state index in [4.69, 9.17) is 5.73 Å². The molecule has 1 aromatic heterocycles. The lowest BCUT2D eigenvalue weighted by molar-refractivity contribution is 0.0783. The number of amides is 1. The van der Waals surface area contributed by atoms with E-state index in [1.54, 1.807) is 47.5 Å². The van der Waals surface area contributed by atoms with Crippen LogP contribution in [0.25, 0.3) is 0 Å². The van der Waals surface area contributed by atoms with Gasteiger partial charge in [0, 0.05) is 23.7 Å². The van der Waals surface area contributed by atoms with Crippen LogP contribution in [0.4, 0.5) is 5.69 Å². The van der Waals surface area contributed by atoms with Crippen molar-refractivity contribution in [3.8, 4) is 0 Å². The molecule has 2 aromatic rings. The number of carbonyl (C=O) groups is 1. The average molecular weight is 261 g/mol. The highest BCUT2D eigenvalue weighted by molar-refractivity contribution is 7.09. The van der Waals surface area contributed by atoms with Crippen LogP contribution in [0.1, 0.15) is 21.1 Å². The van der Waals surface area contributed by atoms with Crippen LogP contribution < -0.4 is 5.73 Å². The molecular formula is C13H15N3OS. The van der Waals surface area contributed by atoms with Crippen molar-refractivity contribution in [1.82, 2.24) is 9.88 Å². The Morgan fingerprint density at radius 2 is 2.28 bits per heavy atom. The molecule has 0 aliphatic rings. The molecule has 0 spiro atoms. The van der Waals surface area contributed by atoms with E-state index in [1.165, 1.54) is 0 Å². The third-order valence-corrected chi connectivity index (χ3v) is 3.37. The zero-order chi connectivity index (χ0) is 13.1. The minimum atomic E-state index is -0.0482. The Morgan fingerprint density at radius 3 is 2.89 bits per heavy atom. The topological polar surface area (TPSA) is 59.2 Å². The molecule has 1 amide bonds. The largest absolute Gasteiger partial charge is 0.399 e.